The van der Waals surface area contributed by atoms with Crippen molar-refractivity contribution in [2.75, 3.05) is 5.73 Å². The van der Waals surface area contributed by atoms with Gasteiger partial charge in [-0.05, 0) is 30.7 Å². The van der Waals surface area contributed by atoms with Crippen LogP contribution >= 0.6 is 11.8 Å². The summed E-state index contributed by atoms with van der Waals surface area (Å²) < 4.78 is 26.1. The summed E-state index contributed by atoms with van der Waals surface area (Å²) in [7, 11) is 0. The molecule has 2 rings (SSSR count). The number of benzene rings is 1. The summed E-state index contributed by atoms with van der Waals surface area (Å²) in [4.78, 5) is 4.44. The Labute approximate surface area is 102 Å². The van der Waals surface area contributed by atoms with E-state index < -0.39 is 11.6 Å². The Bertz CT molecular complexity index is 558. The minimum atomic E-state index is -0.601. The first-order chi connectivity index (χ1) is 8.06. The van der Waals surface area contributed by atoms with Gasteiger partial charge in [-0.3, -0.25) is 0 Å². The van der Waals surface area contributed by atoms with Gasteiger partial charge < -0.3 is 5.73 Å². The molecule has 0 fully saturated rings. The molecular weight excluding hydrogens is 242 g/mol. The van der Waals surface area contributed by atoms with Gasteiger partial charge in [-0.25, -0.2) is 13.8 Å². The molecule has 5 heteroatoms. The summed E-state index contributed by atoms with van der Waals surface area (Å²) in [5.41, 5.74) is 7.20. The van der Waals surface area contributed by atoms with Gasteiger partial charge in [0.15, 0.2) is 0 Å². The molecule has 0 unspecified atom stereocenters. The number of nitrogens with zero attached hydrogens (tertiary/aromatic N) is 1. The first-order valence-corrected chi connectivity index (χ1v) is 5.73. The first-order valence-electron chi connectivity index (χ1n) is 4.91. The topological polar surface area (TPSA) is 38.9 Å². The molecule has 1 aromatic carbocycles. The molecule has 0 atom stereocenters. The molecule has 2 N–H and O–H groups in total. The Kier molecular flexibility index (Phi) is 3.28. The van der Waals surface area contributed by atoms with Crippen LogP contribution in [0.4, 0.5) is 14.5 Å². The van der Waals surface area contributed by atoms with Gasteiger partial charge in [0.2, 0.25) is 0 Å². The van der Waals surface area contributed by atoms with Crippen molar-refractivity contribution in [1.29, 1.82) is 0 Å². The highest BCUT2D eigenvalue weighted by molar-refractivity contribution is 7.99. The maximum atomic E-state index is 13.4. The average molecular weight is 252 g/mol. The van der Waals surface area contributed by atoms with Crippen LogP contribution in [0.25, 0.3) is 0 Å². The molecular formula is C12H10F2N2S. The number of pyridine rings is 1. The smallest absolute Gasteiger partial charge is 0.140 e. The van der Waals surface area contributed by atoms with Crippen molar-refractivity contribution in [2.24, 2.45) is 0 Å². The standard InChI is InChI=1S/C12H10F2N2S/c1-7-6-16-12(5-10(7)15)17-11-3-2-8(13)4-9(11)14/h2-6H,1H3,(H2,15,16). The quantitative estimate of drug-likeness (QED) is 0.890. The van der Waals surface area contributed by atoms with E-state index in [0.717, 1.165) is 23.4 Å². The third kappa shape index (κ3) is 2.74. The van der Waals surface area contributed by atoms with Crippen molar-refractivity contribution in [3.63, 3.8) is 0 Å². The minimum absolute atomic E-state index is 0.321. The molecule has 2 aromatic rings. The number of aryl methyl sites for hydroxylation is 1. The van der Waals surface area contributed by atoms with Crippen LogP contribution in [-0.2, 0) is 0 Å². The van der Waals surface area contributed by atoms with Crippen LogP contribution in [0.2, 0.25) is 0 Å². The Morgan fingerprint density at radius 2 is 2.00 bits per heavy atom. The van der Waals surface area contributed by atoms with Crippen molar-refractivity contribution in [1.82, 2.24) is 4.98 Å². The molecule has 0 aliphatic carbocycles. The second kappa shape index (κ2) is 4.71. The van der Waals surface area contributed by atoms with Crippen LogP contribution in [0.1, 0.15) is 5.56 Å². The highest BCUT2D eigenvalue weighted by Crippen LogP contribution is 2.30. The summed E-state index contributed by atoms with van der Waals surface area (Å²) in [6, 6.07) is 5.11. The van der Waals surface area contributed by atoms with Gasteiger partial charge in [0.05, 0.1) is 0 Å². The summed E-state index contributed by atoms with van der Waals surface area (Å²) in [6.45, 7) is 1.84. The molecule has 0 aliphatic heterocycles. The Morgan fingerprint density at radius 3 is 2.65 bits per heavy atom. The first kappa shape index (κ1) is 11.9. The summed E-state index contributed by atoms with van der Waals surface area (Å²) in [6.07, 6.45) is 1.62. The van der Waals surface area contributed by atoms with Crippen LogP contribution < -0.4 is 5.73 Å². The normalized spacial score (nSPS) is 10.5. The number of anilines is 1. The van der Waals surface area contributed by atoms with E-state index in [0.29, 0.717) is 15.6 Å². The maximum Gasteiger partial charge on any atom is 0.140 e. The number of nitrogen functional groups attached to an aromatic ring is 1. The lowest BCUT2D eigenvalue weighted by atomic mass is 10.3. The molecule has 1 heterocycles. The number of aromatic nitrogens is 1. The second-order valence-corrected chi connectivity index (χ2v) is 4.62. The predicted molar refractivity (Wildman–Crippen MR) is 63.9 cm³/mol. The predicted octanol–water partition coefficient (Wildman–Crippen LogP) is 3.40. The van der Waals surface area contributed by atoms with E-state index in [-0.39, 0.29) is 0 Å². The molecule has 2 nitrogen and oxygen atoms in total. The molecule has 0 bridgehead atoms. The number of hydrogen-bond donors (Lipinski definition) is 1. The monoisotopic (exact) mass is 252 g/mol. The van der Waals surface area contributed by atoms with Crippen LogP contribution in [-0.4, -0.2) is 4.98 Å². The molecule has 0 saturated carbocycles. The van der Waals surface area contributed by atoms with E-state index in [1.165, 1.54) is 12.1 Å². The van der Waals surface area contributed by atoms with E-state index in [9.17, 15) is 8.78 Å². The lowest BCUT2D eigenvalue weighted by Gasteiger charge is -2.05. The third-order valence-electron chi connectivity index (χ3n) is 2.23. The summed E-state index contributed by atoms with van der Waals surface area (Å²) in [5, 5.41) is 0.582. The maximum absolute atomic E-state index is 13.4. The molecule has 17 heavy (non-hydrogen) atoms. The number of halogens is 2. The van der Waals surface area contributed by atoms with Crippen molar-refractivity contribution in [3.8, 4) is 0 Å². The van der Waals surface area contributed by atoms with Crippen molar-refractivity contribution in [3.05, 3.63) is 47.7 Å². The van der Waals surface area contributed by atoms with Crippen molar-refractivity contribution >= 4 is 17.4 Å². The summed E-state index contributed by atoms with van der Waals surface area (Å²) in [5.74, 6) is -1.20. The van der Waals surface area contributed by atoms with Gasteiger partial charge in [0, 0.05) is 22.8 Å². The molecule has 0 spiro atoms. The van der Waals surface area contributed by atoms with E-state index in [1.54, 1.807) is 12.3 Å². The Hall–Kier alpha value is -1.62. The SMILES string of the molecule is Cc1cnc(Sc2ccc(F)cc2F)cc1N. The number of nitrogens with two attached hydrogens (primary N) is 1. The van der Waals surface area contributed by atoms with E-state index in [1.807, 2.05) is 6.92 Å². The average Bonchev–Trinajstić information content (AvgIpc) is 2.27. The highest BCUT2D eigenvalue weighted by atomic mass is 32.2. The number of hydrogen-bond acceptors (Lipinski definition) is 3. The van der Waals surface area contributed by atoms with Crippen LogP contribution in [0, 0.1) is 18.6 Å². The molecule has 1 aromatic heterocycles. The lowest BCUT2D eigenvalue weighted by Crippen LogP contribution is -1.92. The Balaban J connectivity index is 2.28. The number of rotatable bonds is 2. The van der Waals surface area contributed by atoms with Gasteiger partial charge in [0.25, 0.3) is 0 Å². The second-order valence-electron chi connectivity index (χ2n) is 3.56. The zero-order valence-electron chi connectivity index (χ0n) is 9.08. The molecule has 0 aliphatic rings. The van der Waals surface area contributed by atoms with Gasteiger partial charge in [-0.2, -0.15) is 0 Å². The van der Waals surface area contributed by atoms with Crippen LogP contribution in [0.3, 0.4) is 0 Å². The van der Waals surface area contributed by atoms with Gasteiger partial charge in [-0.1, -0.05) is 11.8 Å². The summed E-state index contributed by atoms with van der Waals surface area (Å²) >= 11 is 1.11. The zero-order chi connectivity index (χ0) is 12.4. The lowest BCUT2D eigenvalue weighted by molar-refractivity contribution is 0.565. The van der Waals surface area contributed by atoms with Crippen molar-refractivity contribution < 1.29 is 8.78 Å². The van der Waals surface area contributed by atoms with Gasteiger partial charge in [-0.15, -0.1) is 0 Å². The molecule has 0 radical (unpaired) electrons. The van der Waals surface area contributed by atoms with E-state index >= 15 is 0 Å². The fourth-order valence-electron chi connectivity index (χ4n) is 1.25. The zero-order valence-corrected chi connectivity index (χ0v) is 9.89. The van der Waals surface area contributed by atoms with E-state index in [4.69, 9.17) is 5.73 Å². The Morgan fingerprint density at radius 1 is 1.24 bits per heavy atom. The largest absolute Gasteiger partial charge is 0.398 e. The molecule has 88 valence electrons. The van der Waals surface area contributed by atoms with Crippen LogP contribution in [0.5, 0.6) is 0 Å². The molecule has 0 amide bonds. The van der Waals surface area contributed by atoms with Crippen LogP contribution in [0.15, 0.2) is 40.4 Å². The van der Waals surface area contributed by atoms with Gasteiger partial charge >= 0.3 is 0 Å². The molecule has 0 saturated heterocycles. The fraction of sp³-hybridized carbons (Fsp3) is 0.0833. The van der Waals surface area contributed by atoms with Crippen molar-refractivity contribution in [2.45, 2.75) is 16.8 Å². The highest BCUT2D eigenvalue weighted by Gasteiger charge is 2.07. The van der Waals surface area contributed by atoms with E-state index in [2.05, 4.69) is 4.98 Å². The fourth-order valence-corrected chi connectivity index (χ4v) is 2.05. The van der Waals surface area contributed by atoms with Gasteiger partial charge in [0.1, 0.15) is 16.7 Å². The minimum Gasteiger partial charge on any atom is -0.398 e. The third-order valence-corrected chi connectivity index (χ3v) is 3.21.